The van der Waals surface area contributed by atoms with Gasteiger partial charge in [0.2, 0.25) is 0 Å². The molecule has 1 amide bonds. The Morgan fingerprint density at radius 2 is 2.00 bits per heavy atom. The molecule has 1 saturated heterocycles. The van der Waals surface area contributed by atoms with Crippen LogP contribution in [0, 0.1) is 0 Å². The summed E-state index contributed by atoms with van der Waals surface area (Å²) in [5.41, 5.74) is 0.912. The number of morpholine rings is 1. The Bertz CT molecular complexity index is 589. The van der Waals surface area contributed by atoms with E-state index in [0.29, 0.717) is 18.8 Å². The molecule has 126 valence electrons. The van der Waals surface area contributed by atoms with E-state index in [4.69, 9.17) is 14.2 Å². The van der Waals surface area contributed by atoms with Crippen molar-refractivity contribution < 1.29 is 19.0 Å². The van der Waals surface area contributed by atoms with Gasteiger partial charge in [-0.2, -0.15) is 0 Å². The third-order valence-corrected chi connectivity index (χ3v) is 4.18. The van der Waals surface area contributed by atoms with Gasteiger partial charge in [-0.1, -0.05) is 12.1 Å². The van der Waals surface area contributed by atoms with E-state index in [-0.39, 0.29) is 30.3 Å². The van der Waals surface area contributed by atoms with E-state index in [0.717, 1.165) is 17.7 Å². The van der Waals surface area contributed by atoms with Gasteiger partial charge in [-0.05, 0) is 33.8 Å². The van der Waals surface area contributed by atoms with Crippen LogP contribution in [0.4, 0.5) is 0 Å². The van der Waals surface area contributed by atoms with E-state index in [9.17, 15) is 4.79 Å². The van der Waals surface area contributed by atoms with E-state index >= 15 is 0 Å². The molecule has 2 heterocycles. The quantitative estimate of drug-likeness (QED) is 0.858. The van der Waals surface area contributed by atoms with Crippen LogP contribution in [0.1, 0.15) is 33.3 Å². The second-order valence-corrected chi connectivity index (χ2v) is 7.13. The fraction of sp³-hybridized carbons (Fsp3) is 0.611. The molecule has 0 aliphatic carbocycles. The van der Waals surface area contributed by atoms with Gasteiger partial charge in [0.05, 0.1) is 12.2 Å². The van der Waals surface area contributed by atoms with Gasteiger partial charge < -0.3 is 19.1 Å². The highest BCUT2D eigenvalue weighted by Gasteiger charge is 2.32. The van der Waals surface area contributed by atoms with Crippen LogP contribution in [-0.4, -0.2) is 48.3 Å². The summed E-state index contributed by atoms with van der Waals surface area (Å²) < 4.78 is 17.4. The number of hydrogen-bond donors (Lipinski definition) is 0. The van der Waals surface area contributed by atoms with E-state index < -0.39 is 0 Å². The van der Waals surface area contributed by atoms with Gasteiger partial charge in [-0.25, -0.2) is 0 Å². The summed E-state index contributed by atoms with van der Waals surface area (Å²) in [5.74, 6) is 1.41. The molecule has 3 rings (SSSR count). The van der Waals surface area contributed by atoms with Crippen molar-refractivity contribution in [3.05, 3.63) is 23.8 Å². The summed E-state index contributed by atoms with van der Waals surface area (Å²) in [5, 5.41) is 0. The zero-order chi connectivity index (χ0) is 16.6. The fourth-order valence-corrected chi connectivity index (χ4v) is 3.31. The lowest BCUT2D eigenvalue weighted by Crippen LogP contribution is -2.49. The van der Waals surface area contributed by atoms with Crippen LogP contribution in [-0.2, 0) is 16.0 Å². The van der Waals surface area contributed by atoms with Crippen molar-refractivity contribution in [2.75, 3.05) is 19.7 Å². The van der Waals surface area contributed by atoms with Crippen molar-refractivity contribution in [2.24, 2.45) is 0 Å². The molecule has 0 saturated carbocycles. The summed E-state index contributed by atoms with van der Waals surface area (Å²) in [7, 11) is 0. The van der Waals surface area contributed by atoms with E-state index in [1.807, 2.05) is 36.9 Å². The second-order valence-electron chi connectivity index (χ2n) is 7.13. The third kappa shape index (κ3) is 3.61. The molecule has 2 atom stereocenters. The van der Waals surface area contributed by atoms with Gasteiger partial charge in [0.15, 0.2) is 18.1 Å². The fourth-order valence-electron chi connectivity index (χ4n) is 3.31. The molecule has 1 fully saturated rings. The van der Waals surface area contributed by atoms with Crippen molar-refractivity contribution in [3.63, 3.8) is 0 Å². The predicted octanol–water partition coefficient (Wildman–Crippen LogP) is 2.41. The molecular formula is C18H25NO4. The molecule has 0 bridgehead atoms. The Balaban J connectivity index is 1.63. The largest absolute Gasteiger partial charge is 0.483 e. The smallest absolute Gasteiger partial charge is 0.260 e. The highest BCUT2D eigenvalue weighted by molar-refractivity contribution is 5.78. The number of benzene rings is 1. The van der Waals surface area contributed by atoms with Crippen LogP contribution in [0.15, 0.2) is 18.2 Å². The lowest BCUT2D eigenvalue weighted by molar-refractivity contribution is -0.145. The van der Waals surface area contributed by atoms with Crippen LogP contribution in [0.5, 0.6) is 11.5 Å². The van der Waals surface area contributed by atoms with E-state index in [1.165, 1.54) is 0 Å². The number of ether oxygens (including phenoxy) is 3. The van der Waals surface area contributed by atoms with Crippen molar-refractivity contribution >= 4 is 5.91 Å². The summed E-state index contributed by atoms with van der Waals surface area (Å²) in [4.78, 5) is 14.2. The first-order valence-corrected chi connectivity index (χ1v) is 8.21. The maximum absolute atomic E-state index is 12.4. The first-order valence-electron chi connectivity index (χ1n) is 8.21. The molecule has 0 N–H and O–H groups in total. The normalized spacial score (nSPS) is 25.7. The van der Waals surface area contributed by atoms with Gasteiger partial charge >= 0.3 is 0 Å². The van der Waals surface area contributed by atoms with Crippen molar-refractivity contribution in [3.8, 4) is 11.5 Å². The maximum atomic E-state index is 12.4. The molecule has 0 unspecified atom stereocenters. The maximum Gasteiger partial charge on any atom is 0.260 e. The summed E-state index contributed by atoms with van der Waals surface area (Å²) >= 11 is 0. The number of carbonyl (C=O) groups is 1. The Morgan fingerprint density at radius 1 is 1.30 bits per heavy atom. The minimum Gasteiger partial charge on any atom is -0.483 e. The zero-order valence-corrected chi connectivity index (χ0v) is 14.3. The number of amides is 1. The standard InChI is InChI=1S/C18H25NO4/c1-12-9-19(10-13(2)22-12)16(20)11-21-15-7-5-6-14-8-18(3,4)23-17(14)15/h5-7,12-13H,8-11H2,1-4H3/t12-,13-/m1/s1. The number of para-hydroxylation sites is 1. The highest BCUT2D eigenvalue weighted by atomic mass is 16.5. The highest BCUT2D eigenvalue weighted by Crippen LogP contribution is 2.41. The molecule has 23 heavy (non-hydrogen) atoms. The Kier molecular flexibility index (Phi) is 4.23. The number of nitrogens with zero attached hydrogens (tertiary/aromatic N) is 1. The first kappa shape index (κ1) is 16.1. The van der Waals surface area contributed by atoms with Crippen LogP contribution in [0.25, 0.3) is 0 Å². The molecule has 0 radical (unpaired) electrons. The SMILES string of the molecule is C[C@@H]1CN(C(=O)COc2cccc3c2OC(C)(C)C3)C[C@@H](C)O1. The molecule has 1 aromatic carbocycles. The second kappa shape index (κ2) is 6.04. The van der Waals surface area contributed by atoms with Gasteiger partial charge in [0.1, 0.15) is 5.60 Å². The molecule has 5 heteroatoms. The monoisotopic (exact) mass is 319 g/mol. The molecule has 1 aromatic rings. The van der Waals surface area contributed by atoms with Crippen LogP contribution in [0.3, 0.4) is 0 Å². The van der Waals surface area contributed by atoms with E-state index in [2.05, 4.69) is 13.8 Å². The van der Waals surface area contributed by atoms with Crippen LogP contribution >= 0.6 is 0 Å². The summed E-state index contributed by atoms with van der Waals surface area (Å²) in [6.07, 6.45) is 0.979. The van der Waals surface area contributed by atoms with Crippen molar-refractivity contribution in [1.29, 1.82) is 0 Å². The zero-order valence-electron chi connectivity index (χ0n) is 14.3. The Hall–Kier alpha value is -1.75. The molecule has 2 aliphatic rings. The Labute approximate surface area is 137 Å². The van der Waals surface area contributed by atoms with Gasteiger partial charge in [-0.15, -0.1) is 0 Å². The van der Waals surface area contributed by atoms with Gasteiger partial charge in [0.25, 0.3) is 5.91 Å². The molecule has 0 spiro atoms. The van der Waals surface area contributed by atoms with Crippen molar-refractivity contribution in [1.82, 2.24) is 4.90 Å². The Morgan fingerprint density at radius 3 is 2.70 bits per heavy atom. The number of carbonyl (C=O) groups excluding carboxylic acids is 1. The van der Waals surface area contributed by atoms with E-state index in [1.54, 1.807) is 0 Å². The average molecular weight is 319 g/mol. The minimum atomic E-state index is -0.221. The third-order valence-electron chi connectivity index (χ3n) is 4.18. The lowest BCUT2D eigenvalue weighted by atomic mass is 10.0. The average Bonchev–Trinajstić information content (AvgIpc) is 2.78. The molecular weight excluding hydrogens is 294 g/mol. The molecule has 0 aromatic heterocycles. The molecule has 2 aliphatic heterocycles. The van der Waals surface area contributed by atoms with Crippen molar-refractivity contribution in [2.45, 2.75) is 51.9 Å². The lowest BCUT2D eigenvalue weighted by Gasteiger charge is -2.35. The minimum absolute atomic E-state index is 0.0122. The van der Waals surface area contributed by atoms with Crippen LogP contribution < -0.4 is 9.47 Å². The van der Waals surface area contributed by atoms with Gasteiger partial charge in [-0.3, -0.25) is 4.79 Å². The summed E-state index contributed by atoms with van der Waals surface area (Å²) in [6.45, 7) is 9.33. The van der Waals surface area contributed by atoms with Gasteiger partial charge in [0, 0.05) is 25.1 Å². The summed E-state index contributed by atoms with van der Waals surface area (Å²) in [6, 6.07) is 5.85. The topological polar surface area (TPSA) is 48.0 Å². The number of rotatable bonds is 3. The molecule has 5 nitrogen and oxygen atoms in total. The predicted molar refractivity (Wildman–Crippen MR) is 86.9 cm³/mol. The first-order chi connectivity index (χ1) is 10.8. The number of fused-ring (bicyclic) bond motifs is 1. The van der Waals surface area contributed by atoms with Crippen LogP contribution in [0.2, 0.25) is 0 Å². The number of hydrogen-bond acceptors (Lipinski definition) is 4.